The fourth-order valence-electron chi connectivity index (χ4n) is 2.22. The highest BCUT2D eigenvalue weighted by atomic mass is 16.5. The molecule has 0 aliphatic heterocycles. The van der Waals surface area contributed by atoms with Crippen LogP contribution in [-0.4, -0.2) is 37.2 Å². The summed E-state index contributed by atoms with van der Waals surface area (Å²) in [5.74, 6) is 0.645. The van der Waals surface area contributed by atoms with E-state index in [2.05, 4.69) is 15.6 Å². The van der Waals surface area contributed by atoms with Crippen LogP contribution >= 0.6 is 0 Å². The summed E-state index contributed by atoms with van der Waals surface area (Å²) in [6.45, 7) is 1.13. The highest BCUT2D eigenvalue weighted by Gasteiger charge is 2.14. The smallest absolute Gasteiger partial charge is 0.252 e. The summed E-state index contributed by atoms with van der Waals surface area (Å²) in [6.07, 6.45) is 6.81. The number of amides is 1. The zero-order valence-electron chi connectivity index (χ0n) is 11.3. The Morgan fingerprint density at radius 2 is 2.21 bits per heavy atom. The van der Waals surface area contributed by atoms with E-state index < -0.39 is 0 Å². The summed E-state index contributed by atoms with van der Waals surface area (Å²) >= 11 is 0. The number of nitrogens with zero attached hydrogens (tertiary/aromatic N) is 1. The van der Waals surface area contributed by atoms with E-state index in [1.807, 2.05) is 0 Å². The summed E-state index contributed by atoms with van der Waals surface area (Å²) in [4.78, 5) is 15.9. The highest BCUT2D eigenvalue weighted by molar-refractivity contribution is 5.94. The molecule has 0 spiro atoms. The first-order valence-electron chi connectivity index (χ1n) is 6.83. The molecule has 1 aliphatic carbocycles. The lowest BCUT2D eigenvalue weighted by Crippen LogP contribution is -2.28. The van der Waals surface area contributed by atoms with Crippen LogP contribution in [0.3, 0.4) is 0 Å². The maximum Gasteiger partial charge on any atom is 0.252 e. The summed E-state index contributed by atoms with van der Waals surface area (Å²) < 4.78 is 5.69. The van der Waals surface area contributed by atoms with Crippen molar-refractivity contribution in [1.82, 2.24) is 10.3 Å². The van der Waals surface area contributed by atoms with Crippen LogP contribution in [-0.2, 0) is 4.74 Å². The van der Waals surface area contributed by atoms with Crippen molar-refractivity contribution in [1.29, 1.82) is 0 Å². The minimum atomic E-state index is -0.106. The van der Waals surface area contributed by atoms with Gasteiger partial charge in [-0.25, -0.2) is 4.98 Å². The minimum Gasteiger partial charge on any atom is -0.376 e. The van der Waals surface area contributed by atoms with E-state index in [1.165, 1.54) is 12.8 Å². The molecule has 0 radical (unpaired) electrons. The van der Waals surface area contributed by atoms with Crippen molar-refractivity contribution in [3.05, 3.63) is 23.9 Å². The molecule has 0 aromatic carbocycles. The van der Waals surface area contributed by atoms with Gasteiger partial charge in [-0.3, -0.25) is 4.79 Å². The van der Waals surface area contributed by atoms with Gasteiger partial charge in [-0.1, -0.05) is 12.8 Å². The van der Waals surface area contributed by atoms with Gasteiger partial charge < -0.3 is 15.4 Å². The van der Waals surface area contributed by atoms with Gasteiger partial charge in [0, 0.05) is 19.8 Å². The first-order chi connectivity index (χ1) is 9.29. The maximum atomic E-state index is 11.8. The molecular formula is C14H21N3O2. The Morgan fingerprint density at radius 1 is 1.42 bits per heavy atom. The Labute approximate surface area is 113 Å². The second-order valence-corrected chi connectivity index (χ2v) is 4.72. The van der Waals surface area contributed by atoms with Crippen molar-refractivity contribution in [2.24, 2.45) is 0 Å². The number of hydrogen-bond donors (Lipinski definition) is 2. The van der Waals surface area contributed by atoms with Crippen molar-refractivity contribution in [2.45, 2.75) is 31.8 Å². The van der Waals surface area contributed by atoms with Gasteiger partial charge in [-0.2, -0.15) is 0 Å². The zero-order valence-corrected chi connectivity index (χ0v) is 11.3. The monoisotopic (exact) mass is 263 g/mol. The average molecular weight is 263 g/mol. The van der Waals surface area contributed by atoms with Gasteiger partial charge in [-0.05, 0) is 25.0 Å². The summed E-state index contributed by atoms with van der Waals surface area (Å²) in [7, 11) is 1.79. The van der Waals surface area contributed by atoms with Crippen molar-refractivity contribution in [3.63, 3.8) is 0 Å². The average Bonchev–Trinajstić information content (AvgIpc) is 2.96. The standard InChI is InChI=1S/C14H21N3O2/c1-15-13-7-6-11(10-17-13)14(18)16-8-9-19-12-4-2-3-5-12/h6-7,10,12H,2-5,8-9H2,1H3,(H,15,17)(H,16,18). The minimum absolute atomic E-state index is 0.106. The topological polar surface area (TPSA) is 63.2 Å². The summed E-state index contributed by atoms with van der Waals surface area (Å²) in [6, 6.07) is 3.54. The van der Waals surface area contributed by atoms with Crippen LogP contribution in [0.5, 0.6) is 0 Å². The number of carbonyl (C=O) groups is 1. The Balaban J connectivity index is 1.68. The predicted octanol–water partition coefficient (Wildman–Crippen LogP) is 1.81. The van der Waals surface area contributed by atoms with E-state index in [-0.39, 0.29) is 5.91 Å². The largest absolute Gasteiger partial charge is 0.376 e. The van der Waals surface area contributed by atoms with Crippen molar-refractivity contribution >= 4 is 11.7 Å². The molecule has 1 aromatic rings. The first kappa shape index (κ1) is 13.8. The van der Waals surface area contributed by atoms with E-state index in [1.54, 1.807) is 25.4 Å². The third-order valence-electron chi connectivity index (χ3n) is 3.33. The molecule has 0 saturated heterocycles. The van der Waals surface area contributed by atoms with Gasteiger partial charge >= 0.3 is 0 Å². The molecule has 1 fully saturated rings. The number of nitrogens with one attached hydrogen (secondary N) is 2. The number of aromatic nitrogens is 1. The van der Waals surface area contributed by atoms with Crippen LogP contribution in [0, 0.1) is 0 Å². The lowest BCUT2D eigenvalue weighted by Gasteiger charge is -2.11. The van der Waals surface area contributed by atoms with Crippen molar-refractivity contribution in [3.8, 4) is 0 Å². The Hall–Kier alpha value is -1.62. The number of ether oxygens (including phenoxy) is 1. The molecule has 2 N–H and O–H groups in total. The molecule has 0 unspecified atom stereocenters. The number of rotatable bonds is 6. The Kier molecular flexibility index (Phi) is 5.15. The van der Waals surface area contributed by atoms with Crippen LogP contribution in [0.15, 0.2) is 18.3 Å². The molecule has 1 aliphatic rings. The Bertz CT molecular complexity index is 400. The van der Waals surface area contributed by atoms with Gasteiger partial charge in [0.15, 0.2) is 0 Å². The SMILES string of the molecule is CNc1ccc(C(=O)NCCOC2CCCC2)cn1. The number of anilines is 1. The molecule has 1 aromatic heterocycles. The van der Waals surface area contributed by atoms with Crippen LogP contribution in [0.2, 0.25) is 0 Å². The molecule has 1 saturated carbocycles. The van der Waals surface area contributed by atoms with E-state index in [0.717, 1.165) is 18.7 Å². The highest BCUT2D eigenvalue weighted by Crippen LogP contribution is 2.20. The molecule has 0 atom stereocenters. The molecule has 1 amide bonds. The van der Waals surface area contributed by atoms with Crippen LogP contribution in [0.4, 0.5) is 5.82 Å². The lowest BCUT2D eigenvalue weighted by atomic mass is 10.2. The second-order valence-electron chi connectivity index (χ2n) is 4.72. The molecule has 0 bridgehead atoms. The molecule has 2 rings (SSSR count). The van der Waals surface area contributed by atoms with E-state index in [4.69, 9.17) is 4.74 Å². The maximum absolute atomic E-state index is 11.8. The lowest BCUT2D eigenvalue weighted by molar-refractivity contribution is 0.0582. The first-order valence-corrected chi connectivity index (χ1v) is 6.83. The fourth-order valence-corrected chi connectivity index (χ4v) is 2.22. The Morgan fingerprint density at radius 3 is 2.84 bits per heavy atom. The quantitative estimate of drug-likeness (QED) is 0.768. The van der Waals surface area contributed by atoms with Gasteiger partial charge in [0.1, 0.15) is 5.82 Å². The third kappa shape index (κ3) is 4.21. The van der Waals surface area contributed by atoms with Crippen LogP contribution in [0.1, 0.15) is 36.0 Å². The molecular weight excluding hydrogens is 242 g/mol. The fraction of sp³-hybridized carbons (Fsp3) is 0.571. The van der Waals surface area contributed by atoms with E-state index >= 15 is 0 Å². The number of hydrogen-bond acceptors (Lipinski definition) is 4. The summed E-state index contributed by atoms with van der Waals surface area (Å²) in [5, 5.41) is 5.75. The molecule has 19 heavy (non-hydrogen) atoms. The van der Waals surface area contributed by atoms with Crippen LogP contribution in [0.25, 0.3) is 0 Å². The van der Waals surface area contributed by atoms with Gasteiger partial charge in [0.2, 0.25) is 0 Å². The second kappa shape index (κ2) is 7.09. The van der Waals surface area contributed by atoms with Crippen molar-refractivity contribution < 1.29 is 9.53 Å². The number of carbonyl (C=O) groups excluding carboxylic acids is 1. The van der Waals surface area contributed by atoms with E-state index in [0.29, 0.717) is 24.8 Å². The van der Waals surface area contributed by atoms with Crippen LogP contribution < -0.4 is 10.6 Å². The predicted molar refractivity (Wildman–Crippen MR) is 74.3 cm³/mol. The van der Waals surface area contributed by atoms with Gasteiger partial charge in [0.25, 0.3) is 5.91 Å². The zero-order chi connectivity index (χ0) is 13.5. The third-order valence-corrected chi connectivity index (χ3v) is 3.33. The summed E-state index contributed by atoms with van der Waals surface area (Å²) in [5.41, 5.74) is 0.569. The normalized spacial score (nSPS) is 15.4. The number of pyridine rings is 1. The molecule has 1 heterocycles. The molecule has 5 heteroatoms. The van der Waals surface area contributed by atoms with Gasteiger partial charge in [0.05, 0.1) is 18.3 Å². The molecule has 5 nitrogen and oxygen atoms in total. The van der Waals surface area contributed by atoms with E-state index in [9.17, 15) is 4.79 Å². The van der Waals surface area contributed by atoms with Crippen molar-refractivity contribution in [2.75, 3.05) is 25.5 Å². The molecule has 104 valence electrons. The van der Waals surface area contributed by atoms with Gasteiger partial charge in [-0.15, -0.1) is 0 Å².